The molecule has 1 unspecified atom stereocenters. The highest BCUT2D eigenvalue weighted by atomic mass is 79.9. The molecule has 2 aromatic rings. The molecule has 0 amide bonds. The number of hydrogen-bond acceptors (Lipinski definition) is 6. The number of nitrogens with zero attached hydrogens (tertiary/aromatic N) is 2. The van der Waals surface area contributed by atoms with Gasteiger partial charge in [0.15, 0.2) is 0 Å². The summed E-state index contributed by atoms with van der Waals surface area (Å²) in [7, 11) is 1.54. The third kappa shape index (κ3) is 2.62. The molecule has 7 nitrogen and oxygen atoms in total. The van der Waals surface area contributed by atoms with E-state index in [1.54, 1.807) is 25.1 Å². The predicted octanol–water partition coefficient (Wildman–Crippen LogP) is 2.38. The Hall–Kier alpha value is -2.92. The fraction of sp³-hybridized carbons (Fsp3) is 0.176. The lowest BCUT2D eigenvalue weighted by Gasteiger charge is -2.26. The largest absolute Gasteiger partial charge is 0.496 e. The van der Waals surface area contributed by atoms with Crippen molar-refractivity contribution in [2.75, 3.05) is 7.11 Å². The van der Waals surface area contributed by atoms with Gasteiger partial charge in [0, 0.05) is 6.07 Å². The van der Waals surface area contributed by atoms with Crippen molar-refractivity contribution in [3.63, 3.8) is 0 Å². The van der Waals surface area contributed by atoms with E-state index in [1.165, 1.54) is 13.2 Å². The summed E-state index contributed by atoms with van der Waals surface area (Å²) >= 11 is 3.40. The molecule has 0 aliphatic carbocycles. The van der Waals surface area contributed by atoms with Crippen molar-refractivity contribution < 1.29 is 14.7 Å². The van der Waals surface area contributed by atoms with Crippen LogP contribution in [0.25, 0.3) is 0 Å². The van der Waals surface area contributed by atoms with Crippen LogP contribution in [0.4, 0.5) is 0 Å². The number of fused-ring (bicyclic) bond motifs is 1. The maximum Gasteiger partial charge on any atom is 0.291 e. The second-order valence-electron chi connectivity index (χ2n) is 5.50. The van der Waals surface area contributed by atoms with Gasteiger partial charge in [0.2, 0.25) is 5.88 Å². The quantitative estimate of drug-likeness (QED) is 0.744. The standard InChI is InChI=1S/C17H14BrN3O4/c1-8-5-13-15(17(22)21(8)23)14(10(7-19)16(20)25-13)9-3-4-12(24-2)11(18)6-9/h3-6,14,23H,20H2,1-2H3. The Labute approximate surface area is 151 Å². The molecule has 128 valence electrons. The van der Waals surface area contributed by atoms with Crippen LogP contribution in [-0.4, -0.2) is 17.0 Å². The Morgan fingerprint density at radius 1 is 1.44 bits per heavy atom. The first-order chi connectivity index (χ1) is 11.9. The second kappa shape index (κ2) is 6.18. The lowest BCUT2D eigenvalue weighted by atomic mass is 9.84. The molecule has 1 aromatic carbocycles. The van der Waals surface area contributed by atoms with Crippen molar-refractivity contribution in [1.29, 1.82) is 5.26 Å². The molecule has 8 heteroatoms. The van der Waals surface area contributed by atoms with E-state index in [0.29, 0.717) is 26.2 Å². The van der Waals surface area contributed by atoms with Crippen molar-refractivity contribution in [1.82, 2.24) is 4.73 Å². The topological polar surface area (TPSA) is 110 Å². The molecule has 3 rings (SSSR count). The Morgan fingerprint density at radius 3 is 2.76 bits per heavy atom. The molecule has 1 atom stereocenters. The van der Waals surface area contributed by atoms with Gasteiger partial charge in [0.1, 0.15) is 23.1 Å². The summed E-state index contributed by atoms with van der Waals surface area (Å²) in [6.45, 7) is 1.56. The predicted molar refractivity (Wildman–Crippen MR) is 92.6 cm³/mol. The minimum Gasteiger partial charge on any atom is -0.496 e. The van der Waals surface area contributed by atoms with E-state index in [2.05, 4.69) is 15.9 Å². The van der Waals surface area contributed by atoms with Gasteiger partial charge in [-0.2, -0.15) is 9.99 Å². The lowest BCUT2D eigenvalue weighted by molar-refractivity contribution is 0.165. The number of allylic oxidation sites excluding steroid dienone is 1. The van der Waals surface area contributed by atoms with Crippen LogP contribution in [0, 0.1) is 18.3 Å². The van der Waals surface area contributed by atoms with Gasteiger partial charge in [-0.15, -0.1) is 0 Å². The van der Waals surface area contributed by atoms with E-state index in [9.17, 15) is 15.3 Å². The van der Waals surface area contributed by atoms with E-state index in [4.69, 9.17) is 15.2 Å². The molecular weight excluding hydrogens is 390 g/mol. The van der Waals surface area contributed by atoms with Crippen LogP contribution < -0.4 is 20.8 Å². The van der Waals surface area contributed by atoms with Crippen LogP contribution in [-0.2, 0) is 0 Å². The first-order valence-corrected chi connectivity index (χ1v) is 8.05. The molecule has 0 fully saturated rings. The second-order valence-corrected chi connectivity index (χ2v) is 6.35. The normalized spacial score (nSPS) is 16.0. The number of benzene rings is 1. The molecule has 0 radical (unpaired) electrons. The van der Waals surface area contributed by atoms with Crippen LogP contribution in [0.1, 0.15) is 22.7 Å². The third-order valence-electron chi connectivity index (χ3n) is 4.05. The molecule has 25 heavy (non-hydrogen) atoms. The highest BCUT2D eigenvalue weighted by molar-refractivity contribution is 9.10. The first-order valence-electron chi connectivity index (χ1n) is 7.25. The number of ether oxygens (including phenoxy) is 2. The van der Waals surface area contributed by atoms with E-state index < -0.39 is 11.5 Å². The van der Waals surface area contributed by atoms with Crippen LogP contribution in [0.3, 0.4) is 0 Å². The van der Waals surface area contributed by atoms with Gasteiger partial charge in [-0.3, -0.25) is 4.79 Å². The van der Waals surface area contributed by atoms with Crippen molar-refractivity contribution in [2.24, 2.45) is 5.73 Å². The molecular formula is C17H14BrN3O4. The number of aromatic nitrogens is 1. The highest BCUT2D eigenvalue weighted by Gasteiger charge is 2.34. The summed E-state index contributed by atoms with van der Waals surface area (Å²) in [6.07, 6.45) is 0. The smallest absolute Gasteiger partial charge is 0.291 e. The molecule has 0 saturated carbocycles. The monoisotopic (exact) mass is 403 g/mol. The Morgan fingerprint density at radius 2 is 2.16 bits per heavy atom. The van der Waals surface area contributed by atoms with Gasteiger partial charge in [0.25, 0.3) is 5.56 Å². The number of pyridine rings is 1. The van der Waals surface area contributed by atoms with Gasteiger partial charge in [-0.05, 0) is 40.5 Å². The zero-order chi connectivity index (χ0) is 18.3. The zero-order valence-electron chi connectivity index (χ0n) is 13.4. The molecule has 3 N–H and O–H groups in total. The molecule has 0 bridgehead atoms. The van der Waals surface area contributed by atoms with Crippen molar-refractivity contribution in [3.8, 4) is 17.6 Å². The van der Waals surface area contributed by atoms with Crippen molar-refractivity contribution in [2.45, 2.75) is 12.8 Å². The van der Waals surface area contributed by atoms with E-state index in [-0.39, 0.29) is 22.8 Å². The van der Waals surface area contributed by atoms with Gasteiger partial charge in [0.05, 0.1) is 28.8 Å². The van der Waals surface area contributed by atoms with Crippen LogP contribution in [0.5, 0.6) is 11.5 Å². The molecule has 1 aliphatic heterocycles. The molecule has 0 spiro atoms. The number of methoxy groups -OCH3 is 1. The summed E-state index contributed by atoms with van der Waals surface area (Å²) in [6, 6.07) is 8.69. The SMILES string of the molecule is COc1ccc(C2C(C#N)=C(N)Oc3cc(C)n(O)c(=O)c32)cc1Br. The minimum absolute atomic E-state index is 0.0681. The van der Waals surface area contributed by atoms with Crippen LogP contribution >= 0.6 is 15.9 Å². The van der Waals surface area contributed by atoms with Gasteiger partial charge in [-0.25, -0.2) is 0 Å². The van der Waals surface area contributed by atoms with E-state index >= 15 is 0 Å². The number of hydrogen-bond donors (Lipinski definition) is 2. The first kappa shape index (κ1) is 16.9. The maximum atomic E-state index is 12.6. The lowest BCUT2D eigenvalue weighted by Crippen LogP contribution is -2.31. The van der Waals surface area contributed by atoms with Crippen molar-refractivity contribution in [3.05, 3.63) is 67.4 Å². The Bertz CT molecular complexity index is 1000. The fourth-order valence-electron chi connectivity index (χ4n) is 2.83. The molecule has 1 aliphatic rings. The number of aryl methyl sites for hydroxylation is 1. The van der Waals surface area contributed by atoms with Crippen molar-refractivity contribution >= 4 is 15.9 Å². The molecule has 1 aromatic heterocycles. The fourth-order valence-corrected chi connectivity index (χ4v) is 3.39. The average Bonchev–Trinajstić information content (AvgIpc) is 2.58. The van der Waals surface area contributed by atoms with Gasteiger partial charge in [-0.1, -0.05) is 6.07 Å². The molecule has 0 saturated heterocycles. The highest BCUT2D eigenvalue weighted by Crippen LogP contribution is 2.42. The number of halogens is 1. The van der Waals surface area contributed by atoms with E-state index in [1.807, 2.05) is 6.07 Å². The number of nitrogens with two attached hydrogens (primary N) is 1. The maximum absolute atomic E-state index is 12.6. The molecule has 2 heterocycles. The summed E-state index contributed by atoms with van der Waals surface area (Å²) in [5.74, 6) is 0.0000873. The van der Waals surface area contributed by atoms with Gasteiger partial charge >= 0.3 is 0 Å². The van der Waals surface area contributed by atoms with Gasteiger partial charge < -0.3 is 20.4 Å². The van der Waals surface area contributed by atoms with E-state index in [0.717, 1.165) is 0 Å². The number of rotatable bonds is 2. The third-order valence-corrected chi connectivity index (χ3v) is 4.67. The Balaban J connectivity index is 2.32. The Kier molecular flexibility index (Phi) is 4.18. The van der Waals surface area contributed by atoms with Crippen LogP contribution in [0.2, 0.25) is 0 Å². The number of nitriles is 1. The summed E-state index contributed by atoms with van der Waals surface area (Å²) < 4.78 is 11.9. The summed E-state index contributed by atoms with van der Waals surface area (Å²) in [5, 5.41) is 19.5. The minimum atomic E-state index is -0.762. The summed E-state index contributed by atoms with van der Waals surface area (Å²) in [4.78, 5) is 12.6. The summed E-state index contributed by atoms with van der Waals surface area (Å²) in [5.41, 5.74) is 6.42. The van der Waals surface area contributed by atoms with Crippen LogP contribution in [0.15, 0.2) is 45.0 Å². The zero-order valence-corrected chi connectivity index (χ0v) is 15.0. The average molecular weight is 404 g/mol.